The van der Waals surface area contributed by atoms with Crippen LogP contribution in [0.3, 0.4) is 0 Å². The first-order valence-corrected chi connectivity index (χ1v) is 5.73. The van der Waals surface area contributed by atoms with Gasteiger partial charge in [-0.15, -0.1) is 0 Å². The Morgan fingerprint density at radius 1 is 1.25 bits per heavy atom. The van der Waals surface area contributed by atoms with E-state index in [1.54, 1.807) is 0 Å². The van der Waals surface area contributed by atoms with E-state index in [1.807, 2.05) is 6.07 Å². The average Bonchev–Trinajstić information content (AvgIpc) is 2.29. The van der Waals surface area contributed by atoms with Crippen molar-refractivity contribution in [1.82, 2.24) is 5.32 Å². The Kier molecular flexibility index (Phi) is 5.57. The molecule has 0 radical (unpaired) electrons. The van der Waals surface area contributed by atoms with E-state index in [4.69, 9.17) is 5.11 Å². The molecular weight excluding hydrogens is 202 g/mol. The first-order chi connectivity index (χ1) is 7.74. The van der Waals surface area contributed by atoms with Crippen molar-refractivity contribution in [3.63, 3.8) is 0 Å². The van der Waals surface area contributed by atoms with Crippen LogP contribution < -0.4 is 5.32 Å². The molecule has 0 aliphatic carbocycles. The number of aliphatic carboxylic acids is 1. The Bertz CT molecular complexity index is 336. The molecule has 1 aromatic rings. The minimum Gasteiger partial charge on any atom is -0.481 e. The molecule has 0 unspecified atom stereocenters. The molecule has 2 N–H and O–H groups in total. The van der Waals surface area contributed by atoms with Gasteiger partial charge in [-0.25, -0.2) is 0 Å². The lowest BCUT2D eigenvalue weighted by Crippen LogP contribution is -2.21. The zero-order chi connectivity index (χ0) is 11.8. The number of carbonyl (C=O) groups is 1. The fourth-order valence-corrected chi connectivity index (χ4v) is 1.69. The molecule has 0 saturated heterocycles. The van der Waals surface area contributed by atoms with Crippen molar-refractivity contribution in [2.24, 2.45) is 0 Å². The van der Waals surface area contributed by atoms with Crippen LogP contribution in [0, 0.1) is 0 Å². The van der Waals surface area contributed by atoms with Gasteiger partial charge >= 0.3 is 5.97 Å². The van der Waals surface area contributed by atoms with Crippen molar-refractivity contribution in [3.05, 3.63) is 35.4 Å². The lowest BCUT2D eigenvalue weighted by atomic mass is 10.0. The number of aryl methyl sites for hydroxylation is 1. The van der Waals surface area contributed by atoms with Crippen LogP contribution in [0.1, 0.15) is 24.5 Å². The number of benzene rings is 1. The third-order valence-corrected chi connectivity index (χ3v) is 2.59. The SMILES string of the molecule is CCc1ccccc1CCNCCC(=O)O. The monoisotopic (exact) mass is 221 g/mol. The summed E-state index contributed by atoms with van der Waals surface area (Å²) < 4.78 is 0. The third kappa shape index (κ3) is 4.45. The highest BCUT2D eigenvalue weighted by Gasteiger charge is 1.99. The highest BCUT2D eigenvalue weighted by Crippen LogP contribution is 2.09. The molecule has 0 amide bonds. The molecule has 1 rings (SSSR count). The number of hydrogen-bond acceptors (Lipinski definition) is 2. The van der Waals surface area contributed by atoms with E-state index in [9.17, 15) is 4.79 Å². The highest BCUT2D eigenvalue weighted by molar-refractivity contribution is 5.66. The molecule has 0 aliphatic rings. The van der Waals surface area contributed by atoms with Crippen LogP contribution in [-0.2, 0) is 17.6 Å². The maximum absolute atomic E-state index is 10.3. The van der Waals surface area contributed by atoms with Crippen LogP contribution >= 0.6 is 0 Å². The molecule has 0 saturated carbocycles. The Labute approximate surface area is 96.5 Å². The molecule has 88 valence electrons. The van der Waals surface area contributed by atoms with Gasteiger partial charge in [-0.3, -0.25) is 4.79 Å². The minimum atomic E-state index is -0.749. The summed E-state index contributed by atoms with van der Waals surface area (Å²) in [7, 11) is 0. The second-order valence-corrected chi connectivity index (χ2v) is 3.77. The maximum Gasteiger partial charge on any atom is 0.304 e. The van der Waals surface area contributed by atoms with Gasteiger partial charge in [0, 0.05) is 6.54 Å². The van der Waals surface area contributed by atoms with Crippen LogP contribution in [0.4, 0.5) is 0 Å². The molecule has 3 nitrogen and oxygen atoms in total. The van der Waals surface area contributed by atoms with E-state index in [0.717, 1.165) is 19.4 Å². The Morgan fingerprint density at radius 2 is 1.94 bits per heavy atom. The molecule has 0 heterocycles. The van der Waals surface area contributed by atoms with Gasteiger partial charge in [-0.2, -0.15) is 0 Å². The lowest BCUT2D eigenvalue weighted by molar-refractivity contribution is -0.136. The first kappa shape index (κ1) is 12.7. The number of carboxylic acids is 1. The zero-order valence-corrected chi connectivity index (χ0v) is 9.70. The van der Waals surface area contributed by atoms with Crippen LogP contribution in [0.2, 0.25) is 0 Å². The Balaban J connectivity index is 2.28. The maximum atomic E-state index is 10.3. The number of hydrogen-bond donors (Lipinski definition) is 2. The molecule has 0 aliphatic heterocycles. The second-order valence-electron chi connectivity index (χ2n) is 3.77. The highest BCUT2D eigenvalue weighted by atomic mass is 16.4. The van der Waals surface area contributed by atoms with E-state index in [0.29, 0.717) is 6.54 Å². The van der Waals surface area contributed by atoms with E-state index >= 15 is 0 Å². The van der Waals surface area contributed by atoms with Crippen molar-refractivity contribution >= 4 is 5.97 Å². The largest absolute Gasteiger partial charge is 0.481 e. The van der Waals surface area contributed by atoms with Gasteiger partial charge in [0.25, 0.3) is 0 Å². The number of rotatable bonds is 7. The van der Waals surface area contributed by atoms with Gasteiger partial charge in [0.1, 0.15) is 0 Å². The summed E-state index contributed by atoms with van der Waals surface area (Å²) >= 11 is 0. The molecule has 0 bridgehead atoms. The molecule has 0 atom stereocenters. The number of carboxylic acid groups (broad SMARTS) is 1. The van der Waals surface area contributed by atoms with Crippen LogP contribution in [0.15, 0.2) is 24.3 Å². The van der Waals surface area contributed by atoms with Crippen molar-refractivity contribution in [1.29, 1.82) is 0 Å². The summed E-state index contributed by atoms with van der Waals surface area (Å²) in [5.74, 6) is -0.749. The summed E-state index contributed by atoms with van der Waals surface area (Å²) in [6, 6.07) is 8.39. The summed E-state index contributed by atoms with van der Waals surface area (Å²) in [4.78, 5) is 10.3. The third-order valence-electron chi connectivity index (χ3n) is 2.59. The molecule has 0 spiro atoms. The quantitative estimate of drug-likeness (QED) is 0.691. The smallest absolute Gasteiger partial charge is 0.304 e. The lowest BCUT2D eigenvalue weighted by Gasteiger charge is -2.07. The minimum absolute atomic E-state index is 0.190. The zero-order valence-electron chi connectivity index (χ0n) is 9.70. The molecule has 1 aromatic carbocycles. The Morgan fingerprint density at radius 3 is 2.56 bits per heavy atom. The first-order valence-electron chi connectivity index (χ1n) is 5.73. The molecule has 0 aromatic heterocycles. The van der Waals surface area contributed by atoms with Gasteiger partial charge in [0.15, 0.2) is 0 Å². The van der Waals surface area contributed by atoms with E-state index in [1.165, 1.54) is 11.1 Å². The standard InChI is InChI=1S/C13H19NO2/c1-2-11-5-3-4-6-12(11)7-9-14-10-8-13(15)16/h3-6,14H,2,7-10H2,1H3,(H,15,16). The molecule has 0 fully saturated rings. The van der Waals surface area contributed by atoms with Gasteiger partial charge < -0.3 is 10.4 Å². The second kappa shape index (κ2) is 7.01. The van der Waals surface area contributed by atoms with Gasteiger partial charge in [-0.05, 0) is 30.5 Å². The number of nitrogens with one attached hydrogen (secondary N) is 1. The van der Waals surface area contributed by atoms with Crippen LogP contribution in [0.25, 0.3) is 0 Å². The van der Waals surface area contributed by atoms with Crippen LogP contribution in [-0.4, -0.2) is 24.2 Å². The van der Waals surface area contributed by atoms with E-state index < -0.39 is 5.97 Å². The fourth-order valence-electron chi connectivity index (χ4n) is 1.69. The van der Waals surface area contributed by atoms with Crippen molar-refractivity contribution in [2.75, 3.05) is 13.1 Å². The molecule has 16 heavy (non-hydrogen) atoms. The predicted octanol–water partition coefficient (Wildman–Crippen LogP) is 1.86. The van der Waals surface area contributed by atoms with E-state index in [2.05, 4.69) is 30.4 Å². The predicted molar refractivity (Wildman–Crippen MR) is 64.6 cm³/mol. The average molecular weight is 221 g/mol. The summed E-state index contributed by atoms with van der Waals surface area (Å²) in [6.07, 6.45) is 2.20. The summed E-state index contributed by atoms with van der Waals surface area (Å²) in [6.45, 7) is 3.53. The van der Waals surface area contributed by atoms with Gasteiger partial charge in [0.2, 0.25) is 0 Å². The van der Waals surface area contributed by atoms with Crippen molar-refractivity contribution < 1.29 is 9.90 Å². The molecular formula is C13H19NO2. The topological polar surface area (TPSA) is 49.3 Å². The van der Waals surface area contributed by atoms with E-state index in [-0.39, 0.29) is 6.42 Å². The normalized spacial score (nSPS) is 10.3. The van der Waals surface area contributed by atoms with Crippen molar-refractivity contribution in [3.8, 4) is 0 Å². The fraction of sp³-hybridized carbons (Fsp3) is 0.462. The van der Waals surface area contributed by atoms with Crippen LogP contribution in [0.5, 0.6) is 0 Å². The summed E-state index contributed by atoms with van der Waals surface area (Å²) in [5, 5.41) is 11.6. The van der Waals surface area contributed by atoms with Crippen molar-refractivity contribution in [2.45, 2.75) is 26.2 Å². The molecule has 3 heteroatoms. The van der Waals surface area contributed by atoms with Gasteiger partial charge in [0.05, 0.1) is 6.42 Å². The Hall–Kier alpha value is -1.35. The summed E-state index contributed by atoms with van der Waals surface area (Å²) in [5.41, 5.74) is 2.73. The van der Waals surface area contributed by atoms with Gasteiger partial charge in [-0.1, -0.05) is 31.2 Å².